The molecular weight excluding hydrogens is 578 g/mol. The molecular formula is C32H25ClF2N4O4. The average Bonchev–Trinajstić information content (AvgIpc) is 3.45. The maximum atomic E-state index is 14.6. The van der Waals surface area contributed by atoms with Crippen molar-refractivity contribution in [3.63, 3.8) is 0 Å². The molecule has 11 heteroatoms. The third kappa shape index (κ3) is 6.76. The van der Waals surface area contributed by atoms with Crippen LogP contribution in [0.3, 0.4) is 0 Å². The summed E-state index contributed by atoms with van der Waals surface area (Å²) in [6.07, 6.45) is 1.14. The summed E-state index contributed by atoms with van der Waals surface area (Å²) in [6, 6.07) is 17.8. The van der Waals surface area contributed by atoms with E-state index in [0.717, 1.165) is 23.3 Å². The Morgan fingerprint density at radius 3 is 2.28 bits per heavy atom. The summed E-state index contributed by atoms with van der Waals surface area (Å²) < 4.78 is 34.6. The Hall–Kier alpha value is -4.96. The van der Waals surface area contributed by atoms with Crippen LogP contribution in [-0.4, -0.2) is 39.6 Å². The highest BCUT2D eigenvalue weighted by molar-refractivity contribution is 6.30. The van der Waals surface area contributed by atoms with Gasteiger partial charge in [-0.3, -0.25) is 14.4 Å². The van der Waals surface area contributed by atoms with Crippen molar-refractivity contribution in [1.82, 2.24) is 20.6 Å². The van der Waals surface area contributed by atoms with Gasteiger partial charge in [-0.2, -0.15) is 4.98 Å². The SMILES string of the molecule is CC[C@H](NC(=O)[C@H](Cc1c(F)cccc1F)NC(=O)c1ccc(-c2cccc(Cl)c2)cc1)C(=O)c1nc2ncccc2o1. The standard InChI is InChI=1S/C32H25ClF2N4O4/c1-2-25(28(40)32-39-29-27(43-32)10-5-15-36-29)37-31(42)26(17-22-23(34)8-4-9-24(22)35)38-30(41)19-13-11-18(12-14-19)20-6-3-7-21(33)16-20/h3-16,25-26H,2,17H2,1H3,(H,37,42)(H,38,41)/t25-,26-/m0/s1. The molecule has 5 aromatic rings. The number of nitrogens with one attached hydrogen (secondary N) is 2. The Balaban J connectivity index is 1.37. The number of carbonyl (C=O) groups is 3. The number of carbonyl (C=O) groups excluding carboxylic acids is 3. The first-order chi connectivity index (χ1) is 20.7. The third-order valence-electron chi connectivity index (χ3n) is 6.81. The Morgan fingerprint density at radius 1 is 0.884 bits per heavy atom. The Kier molecular flexibility index (Phi) is 8.87. The quantitative estimate of drug-likeness (QED) is 0.191. The fourth-order valence-electron chi connectivity index (χ4n) is 4.51. The maximum absolute atomic E-state index is 14.6. The van der Waals surface area contributed by atoms with Gasteiger partial charge in [0.1, 0.15) is 17.7 Å². The molecule has 0 aliphatic carbocycles. The van der Waals surface area contributed by atoms with Crippen molar-refractivity contribution >= 4 is 40.4 Å². The van der Waals surface area contributed by atoms with E-state index in [1.165, 1.54) is 12.3 Å². The predicted molar refractivity (Wildman–Crippen MR) is 157 cm³/mol. The molecule has 0 saturated carbocycles. The summed E-state index contributed by atoms with van der Waals surface area (Å²) in [5.74, 6) is -4.09. The van der Waals surface area contributed by atoms with Gasteiger partial charge in [-0.25, -0.2) is 13.8 Å². The molecule has 0 unspecified atom stereocenters. The Bertz CT molecular complexity index is 1760. The molecule has 2 aromatic heterocycles. The van der Waals surface area contributed by atoms with Crippen LogP contribution in [0.25, 0.3) is 22.4 Å². The zero-order valence-corrected chi connectivity index (χ0v) is 23.6. The lowest BCUT2D eigenvalue weighted by molar-refractivity contribution is -0.123. The lowest BCUT2D eigenvalue weighted by Crippen LogP contribution is -2.52. The van der Waals surface area contributed by atoms with Crippen molar-refractivity contribution in [2.24, 2.45) is 0 Å². The first-order valence-corrected chi connectivity index (χ1v) is 13.8. The van der Waals surface area contributed by atoms with Crippen molar-refractivity contribution < 1.29 is 27.6 Å². The van der Waals surface area contributed by atoms with Crippen LogP contribution in [0.1, 0.15) is 40.0 Å². The first kappa shape index (κ1) is 29.5. The second-order valence-electron chi connectivity index (χ2n) is 9.70. The van der Waals surface area contributed by atoms with E-state index in [9.17, 15) is 23.2 Å². The number of aromatic nitrogens is 2. The predicted octanol–water partition coefficient (Wildman–Crippen LogP) is 5.94. The number of rotatable bonds is 10. The van der Waals surface area contributed by atoms with E-state index in [-0.39, 0.29) is 29.1 Å². The minimum absolute atomic E-state index is 0.149. The van der Waals surface area contributed by atoms with Crippen LogP contribution < -0.4 is 10.6 Å². The highest BCUT2D eigenvalue weighted by Gasteiger charge is 2.30. The van der Waals surface area contributed by atoms with Gasteiger partial charge >= 0.3 is 0 Å². The number of fused-ring (bicyclic) bond motifs is 1. The van der Waals surface area contributed by atoms with Gasteiger partial charge in [-0.05, 0) is 66.1 Å². The van der Waals surface area contributed by atoms with Gasteiger partial charge < -0.3 is 15.1 Å². The first-order valence-electron chi connectivity index (χ1n) is 13.4. The van der Waals surface area contributed by atoms with Crippen LogP contribution in [0.15, 0.2) is 89.5 Å². The van der Waals surface area contributed by atoms with Crippen molar-refractivity contribution in [2.75, 3.05) is 0 Å². The van der Waals surface area contributed by atoms with Gasteiger partial charge in [-0.1, -0.05) is 48.9 Å². The van der Waals surface area contributed by atoms with Crippen LogP contribution in [0.5, 0.6) is 0 Å². The van der Waals surface area contributed by atoms with Gasteiger partial charge in [-0.15, -0.1) is 0 Å². The summed E-state index contributed by atoms with van der Waals surface area (Å²) in [5, 5.41) is 5.71. The van der Waals surface area contributed by atoms with E-state index in [0.29, 0.717) is 10.6 Å². The minimum atomic E-state index is -1.43. The molecule has 0 aliphatic rings. The second kappa shape index (κ2) is 12.9. The number of ketones is 1. The molecule has 0 fully saturated rings. The van der Waals surface area contributed by atoms with E-state index >= 15 is 0 Å². The molecule has 218 valence electrons. The third-order valence-corrected chi connectivity index (χ3v) is 7.05. The summed E-state index contributed by atoms with van der Waals surface area (Å²) in [5.41, 5.74) is 2.00. The largest absolute Gasteiger partial charge is 0.432 e. The van der Waals surface area contributed by atoms with Gasteiger partial charge in [0, 0.05) is 28.8 Å². The average molecular weight is 603 g/mol. The maximum Gasteiger partial charge on any atom is 0.268 e. The molecule has 0 bridgehead atoms. The summed E-state index contributed by atoms with van der Waals surface area (Å²) >= 11 is 6.08. The molecule has 8 nitrogen and oxygen atoms in total. The number of hydrogen-bond acceptors (Lipinski definition) is 6. The van der Waals surface area contributed by atoms with E-state index < -0.39 is 47.7 Å². The normalized spacial score (nSPS) is 12.5. The van der Waals surface area contributed by atoms with Crippen LogP contribution in [-0.2, 0) is 11.2 Å². The number of benzene rings is 3. The summed E-state index contributed by atoms with van der Waals surface area (Å²) in [7, 11) is 0. The topological polar surface area (TPSA) is 114 Å². The molecule has 43 heavy (non-hydrogen) atoms. The molecule has 0 aliphatic heterocycles. The lowest BCUT2D eigenvalue weighted by atomic mass is 10.0. The number of pyridine rings is 1. The molecule has 2 N–H and O–H groups in total. The number of Topliss-reactive ketones (excluding diaryl/α,β-unsaturated/α-hetero) is 1. The van der Waals surface area contributed by atoms with Gasteiger partial charge in [0.15, 0.2) is 11.2 Å². The van der Waals surface area contributed by atoms with E-state index in [1.807, 2.05) is 6.07 Å². The summed E-state index contributed by atoms with van der Waals surface area (Å²) in [6.45, 7) is 1.66. The van der Waals surface area contributed by atoms with E-state index in [4.69, 9.17) is 16.0 Å². The lowest BCUT2D eigenvalue weighted by Gasteiger charge is -2.22. The minimum Gasteiger partial charge on any atom is -0.432 e. The van der Waals surface area contributed by atoms with E-state index in [2.05, 4.69) is 20.6 Å². The monoisotopic (exact) mass is 602 g/mol. The smallest absolute Gasteiger partial charge is 0.268 e. The van der Waals surface area contributed by atoms with Crippen molar-refractivity contribution in [1.29, 1.82) is 0 Å². The zero-order valence-electron chi connectivity index (χ0n) is 22.8. The number of hydrogen-bond donors (Lipinski definition) is 2. The Labute approximate surface area is 250 Å². The van der Waals surface area contributed by atoms with Crippen molar-refractivity contribution in [2.45, 2.75) is 31.8 Å². The number of oxazole rings is 1. The molecule has 0 radical (unpaired) electrons. The van der Waals surface area contributed by atoms with Gasteiger partial charge in [0.25, 0.3) is 11.8 Å². The van der Waals surface area contributed by atoms with Crippen molar-refractivity contribution in [3.05, 3.63) is 119 Å². The second-order valence-corrected chi connectivity index (χ2v) is 10.1. The van der Waals surface area contributed by atoms with Gasteiger partial charge in [0.05, 0.1) is 6.04 Å². The molecule has 0 spiro atoms. The molecule has 0 saturated heterocycles. The van der Waals surface area contributed by atoms with Crippen LogP contribution in [0.4, 0.5) is 8.78 Å². The van der Waals surface area contributed by atoms with Crippen LogP contribution >= 0.6 is 11.6 Å². The number of amides is 2. The van der Waals surface area contributed by atoms with E-state index in [1.54, 1.807) is 61.5 Å². The van der Waals surface area contributed by atoms with Crippen LogP contribution in [0.2, 0.25) is 5.02 Å². The fourth-order valence-corrected chi connectivity index (χ4v) is 4.70. The van der Waals surface area contributed by atoms with Crippen LogP contribution in [0, 0.1) is 11.6 Å². The number of halogens is 3. The molecule has 2 heterocycles. The molecule has 2 atom stereocenters. The zero-order chi connectivity index (χ0) is 30.5. The molecule has 5 rings (SSSR count). The van der Waals surface area contributed by atoms with Gasteiger partial charge in [0.2, 0.25) is 11.7 Å². The summed E-state index contributed by atoms with van der Waals surface area (Å²) in [4.78, 5) is 48.0. The molecule has 2 amide bonds. The Morgan fingerprint density at radius 2 is 1.60 bits per heavy atom. The molecule has 3 aromatic carbocycles. The fraction of sp³-hybridized carbons (Fsp3) is 0.156. The van der Waals surface area contributed by atoms with Crippen molar-refractivity contribution in [3.8, 4) is 11.1 Å². The highest BCUT2D eigenvalue weighted by atomic mass is 35.5. The highest BCUT2D eigenvalue weighted by Crippen LogP contribution is 2.23. The number of nitrogens with zero attached hydrogens (tertiary/aromatic N) is 2.